The molecule has 3 heterocycles. The minimum absolute atomic E-state index is 0.0725. The van der Waals surface area contributed by atoms with E-state index in [9.17, 15) is 9.59 Å². The molecule has 1 aliphatic rings. The first kappa shape index (κ1) is 29.7. The van der Waals surface area contributed by atoms with Crippen LogP contribution in [0, 0.1) is 0 Å². The zero-order valence-electron chi connectivity index (χ0n) is 23.6. The minimum Gasteiger partial charge on any atom is -0.493 e. The maximum Gasteiger partial charge on any atom is 0.338 e. The Balaban J connectivity index is 1.65. The van der Waals surface area contributed by atoms with Crippen LogP contribution in [0.25, 0.3) is 17.4 Å². The maximum absolute atomic E-state index is 13.9. The number of ether oxygens (including phenoxy) is 3. The highest BCUT2D eigenvalue weighted by Gasteiger charge is 2.34. The highest BCUT2D eigenvalue weighted by Crippen LogP contribution is 2.37. The second-order valence-corrected chi connectivity index (χ2v) is 11.6. The number of furan rings is 1. The van der Waals surface area contributed by atoms with Gasteiger partial charge in [0.05, 0.1) is 46.7 Å². The summed E-state index contributed by atoms with van der Waals surface area (Å²) in [6.45, 7) is 7.48. The normalized spacial score (nSPS) is 15.0. The lowest BCUT2D eigenvalue weighted by molar-refractivity contribution is -0.139. The van der Waals surface area contributed by atoms with Crippen molar-refractivity contribution in [3.05, 3.63) is 101 Å². The predicted octanol–water partition coefficient (Wildman–Crippen LogP) is 6.16. The van der Waals surface area contributed by atoms with Gasteiger partial charge >= 0.3 is 5.97 Å². The monoisotopic (exact) mass is 626 g/mol. The van der Waals surface area contributed by atoms with Crippen molar-refractivity contribution in [3.8, 4) is 22.8 Å². The average Bonchev–Trinajstić information content (AvgIpc) is 3.53. The summed E-state index contributed by atoms with van der Waals surface area (Å²) in [6.07, 6.45) is 1.57. The number of methoxy groups -OCH3 is 1. The molecule has 0 bridgehead atoms. The van der Waals surface area contributed by atoms with E-state index in [2.05, 4.69) is 4.99 Å². The minimum atomic E-state index is -0.804. The number of rotatable bonds is 8. The largest absolute Gasteiger partial charge is 0.493 e. The number of hydrogen-bond donors (Lipinski definition) is 0. The van der Waals surface area contributed by atoms with Gasteiger partial charge in [-0.3, -0.25) is 9.36 Å². The molecular weight excluding hydrogens is 599 g/mol. The third kappa shape index (κ3) is 5.77. The maximum atomic E-state index is 13.9. The summed E-state index contributed by atoms with van der Waals surface area (Å²) in [4.78, 5) is 32.2. The van der Waals surface area contributed by atoms with Crippen LogP contribution in [0.15, 0.2) is 74.0 Å². The van der Waals surface area contributed by atoms with Gasteiger partial charge in [0.2, 0.25) is 0 Å². The third-order valence-corrected chi connectivity index (χ3v) is 8.02. The Bertz CT molecular complexity index is 1890. The predicted molar refractivity (Wildman–Crippen MR) is 163 cm³/mol. The molecule has 0 aliphatic carbocycles. The van der Waals surface area contributed by atoms with Gasteiger partial charge < -0.3 is 18.6 Å². The fraction of sp³-hybridized carbons (Fsp3) is 0.258. The molecule has 0 saturated carbocycles. The number of fused-ring (bicyclic) bond motifs is 1. The standard InChI is InChI=1S/C31H28Cl2N2O6S/c1-6-39-30(37)27-17(4)34-31-35(28(27)18-7-11-24(40-16(2)3)25(13-18)38-5)29(36)26(42-31)15-20-9-12-23(41-20)21-14-19(32)8-10-22(21)33/h7-16,28H,6H2,1-5H3/b26-15-/t28-/m0/s1. The van der Waals surface area contributed by atoms with Crippen molar-refractivity contribution < 1.29 is 23.4 Å². The summed E-state index contributed by atoms with van der Waals surface area (Å²) >= 11 is 13.7. The van der Waals surface area contributed by atoms with E-state index in [0.717, 1.165) is 0 Å². The molecule has 0 saturated heterocycles. The Morgan fingerprint density at radius 3 is 2.64 bits per heavy atom. The van der Waals surface area contributed by atoms with Crippen molar-refractivity contribution in [2.45, 2.75) is 39.8 Å². The summed E-state index contributed by atoms with van der Waals surface area (Å²) in [5.41, 5.74) is 1.68. The number of esters is 1. The van der Waals surface area contributed by atoms with Gasteiger partial charge in [-0.15, -0.1) is 0 Å². The quantitative estimate of drug-likeness (QED) is 0.217. The number of carbonyl (C=O) groups is 1. The van der Waals surface area contributed by atoms with Crippen LogP contribution in [-0.2, 0) is 9.53 Å². The molecule has 0 radical (unpaired) electrons. The number of aromatic nitrogens is 1. The van der Waals surface area contributed by atoms with Crippen molar-refractivity contribution in [1.29, 1.82) is 0 Å². The first-order chi connectivity index (χ1) is 20.1. The summed E-state index contributed by atoms with van der Waals surface area (Å²) in [6, 6.07) is 13.2. The summed E-state index contributed by atoms with van der Waals surface area (Å²) in [5, 5.41) is 1.01. The number of allylic oxidation sites excluding steroid dienone is 1. The zero-order valence-corrected chi connectivity index (χ0v) is 25.9. The van der Waals surface area contributed by atoms with Crippen LogP contribution in [0.2, 0.25) is 10.0 Å². The Morgan fingerprint density at radius 1 is 1.14 bits per heavy atom. The Kier molecular flexibility index (Phi) is 8.63. The molecule has 1 aliphatic heterocycles. The van der Waals surface area contributed by atoms with Gasteiger partial charge in [0.25, 0.3) is 5.56 Å². The van der Waals surface area contributed by atoms with E-state index >= 15 is 0 Å². The van der Waals surface area contributed by atoms with Crippen LogP contribution in [-0.4, -0.2) is 30.4 Å². The van der Waals surface area contributed by atoms with Crippen molar-refractivity contribution in [1.82, 2.24) is 4.57 Å². The third-order valence-electron chi connectivity index (χ3n) is 6.48. The summed E-state index contributed by atoms with van der Waals surface area (Å²) < 4.78 is 24.8. The summed E-state index contributed by atoms with van der Waals surface area (Å²) in [7, 11) is 1.54. The molecular formula is C31H28Cl2N2O6S. The van der Waals surface area contributed by atoms with Crippen molar-refractivity contribution in [2.75, 3.05) is 13.7 Å². The van der Waals surface area contributed by atoms with Crippen LogP contribution in [0.5, 0.6) is 11.5 Å². The van der Waals surface area contributed by atoms with Crippen molar-refractivity contribution in [3.63, 3.8) is 0 Å². The Morgan fingerprint density at radius 2 is 1.93 bits per heavy atom. The number of carbonyl (C=O) groups excluding carboxylic acids is 1. The van der Waals surface area contributed by atoms with Gasteiger partial charge in [-0.2, -0.15) is 0 Å². The van der Waals surface area contributed by atoms with Gasteiger partial charge in [0, 0.05) is 16.7 Å². The topological polar surface area (TPSA) is 92.3 Å². The lowest BCUT2D eigenvalue weighted by atomic mass is 9.95. The molecule has 218 valence electrons. The van der Waals surface area contributed by atoms with Gasteiger partial charge in [0.15, 0.2) is 16.3 Å². The van der Waals surface area contributed by atoms with Crippen LogP contribution in [0.4, 0.5) is 0 Å². The molecule has 4 aromatic rings. The number of benzene rings is 2. The fourth-order valence-corrected chi connectivity index (χ4v) is 6.11. The van der Waals surface area contributed by atoms with E-state index in [4.69, 9.17) is 41.8 Å². The van der Waals surface area contributed by atoms with Gasteiger partial charge in [0.1, 0.15) is 11.5 Å². The summed E-state index contributed by atoms with van der Waals surface area (Å²) in [5.74, 6) is 1.43. The van der Waals surface area contributed by atoms with Crippen LogP contribution in [0.1, 0.15) is 45.1 Å². The lowest BCUT2D eigenvalue weighted by Gasteiger charge is -2.25. The Hall–Kier alpha value is -3.79. The van der Waals surface area contributed by atoms with E-state index in [-0.39, 0.29) is 23.8 Å². The molecule has 2 aromatic carbocycles. The molecule has 0 amide bonds. The number of nitrogens with zero attached hydrogens (tertiary/aromatic N) is 2. The zero-order chi connectivity index (χ0) is 30.1. The van der Waals surface area contributed by atoms with Gasteiger partial charge in [-0.1, -0.05) is 40.6 Å². The number of hydrogen-bond acceptors (Lipinski definition) is 8. The van der Waals surface area contributed by atoms with Crippen molar-refractivity contribution in [2.24, 2.45) is 4.99 Å². The van der Waals surface area contributed by atoms with E-state index < -0.39 is 12.0 Å². The second kappa shape index (κ2) is 12.2. The van der Waals surface area contributed by atoms with E-state index in [1.165, 1.54) is 15.9 Å². The van der Waals surface area contributed by atoms with Gasteiger partial charge in [-0.05, 0) is 75.7 Å². The van der Waals surface area contributed by atoms with Crippen LogP contribution < -0.4 is 24.4 Å². The highest BCUT2D eigenvalue weighted by atomic mass is 35.5. The first-order valence-electron chi connectivity index (χ1n) is 13.2. The molecule has 0 spiro atoms. The van der Waals surface area contributed by atoms with E-state index in [1.807, 2.05) is 19.9 Å². The first-order valence-corrected chi connectivity index (χ1v) is 14.8. The van der Waals surface area contributed by atoms with Crippen molar-refractivity contribution >= 4 is 46.6 Å². The molecule has 42 heavy (non-hydrogen) atoms. The smallest absolute Gasteiger partial charge is 0.338 e. The molecule has 0 unspecified atom stereocenters. The van der Waals surface area contributed by atoms with Crippen LogP contribution in [0.3, 0.4) is 0 Å². The number of halogens is 2. The van der Waals surface area contributed by atoms with Gasteiger partial charge in [-0.25, -0.2) is 9.79 Å². The fourth-order valence-electron chi connectivity index (χ4n) is 4.70. The molecule has 5 rings (SSSR count). The van der Waals surface area contributed by atoms with E-state index in [1.54, 1.807) is 69.5 Å². The van der Waals surface area contributed by atoms with Crippen LogP contribution >= 0.6 is 34.5 Å². The number of thiazole rings is 1. The molecule has 2 aromatic heterocycles. The molecule has 0 N–H and O–H groups in total. The molecule has 1 atom stereocenters. The lowest BCUT2D eigenvalue weighted by Crippen LogP contribution is -2.40. The van der Waals surface area contributed by atoms with E-state index in [0.29, 0.717) is 59.2 Å². The highest BCUT2D eigenvalue weighted by molar-refractivity contribution is 7.07. The molecule has 8 nitrogen and oxygen atoms in total. The second-order valence-electron chi connectivity index (χ2n) is 9.71. The molecule has 0 fully saturated rings. The average molecular weight is 628 g/mol. The SMILES string of the molecule is CCOC(=O)C1=C(C)N=c2s/c(=C\c3ccc(-c4cc(Cl)ccc4Cl)o3)c(=O)n2[C@H]1c1ccc(OC(C)C)c(OC)c1. The Labute approximate surface area is 256 Å². The molecule has 11 heteroatoms.